The fraction of sp³-hybridized carbons (Fsp3) is 0.0435. The lowest BCUT2D eigenvalue weighted by Gasteiger charge is -2.24. The molecule has 0 unspecified atom stereocenters. The summed E-state index contributed by atoms with van der Waals surface area (Å²) in [6, 6.07) is 24.0. The predicted octanol–water partition coefficient (Wildman–Crippen LogP) is 4.89. The van der Waals surface area contributed by atoms with E-state index in [0.717, 1.165) is 32.7 Å². The third-order valence-electron chi connectivity index (χ3n) is 5.19. The van der Waals surface area contributed by atoms with Crippen LogP contribution in [0.2, 0.25) is 0 Å². The Morgan fingerprint density at radius 1 is 0.577 bits per heavy atom. The van der Waals surface area contributed by atoms with Gasteiger partial charge in [-0.15, -0.1) is 0 Å². The zero-order valence-electron chi connectivity index (χ0n) is 14.2. The molecule has 0 atom stereocenters. The van der Waals surface area contributed by atoms with Crippen LogP contribution < -0.4 is 0 Å². The first kappa shape index (κ1) is 14.8. The van der Waals surface area contributed by atoms with Crippen molar-refractivity contribution in [3.8, 4) is 11.1 Å². The van der Waals surface area contributed by atoms with Crippen LogP contribution in [0.4, 0.5) is 0 Å². The molecule has 0 radical (unpaired) electrons. The second-order valence-electron chi connectivity index (χ2n) is 6.58. The number of carbonyl (C=O) groups is 2. The van der Waals surface area contributed by atoms with E-state index in [-0.39, 0.29) is 11.8 Å². The second-order valence-corrected chi connectivity index (χ2v) is 6.58. The largest absolute Gasteiger partial charge is 0.277 e. The second kappa shape index (κ2) is 5.27. The van der Waals surface area contributed by atoms with Gasteiger partial charge in [-0.05, 0) is 39.4 Å². The van der Waals surface area contributed by atoms with Crippen LogP contribution in [0.1, 0.15) is 20.7 Å². The van der Waals surface area contributed by atoms with E-state index in [9.17, 15) is 9.59 Å². The Balaban J connectivity index is 1.91. The van der Waals surface area contributed by atoms with Crippen molar-refractivity contribution in [2.75, 3.05) is 7.05 Å². The molecule has 0 spiro atoms. The van der Waals surface area contributed by atoms with Crippen LogP contribution >= 0.6 is 0 Å². The molecule has 0 N–H and O–H groups in total. The summed E-state index contributed by atoms with van der Waals surface area (Å²) in [5.41, 5.74) is 3.31. The lowest BCUT2D eigenvalue weighted by Crippen LogP contribution is -2.36. The fourth-order valence-corrected chi connectivity index (χ4v) is 3.91. The molecule has 0 aliphatic carbocycles. The molecule has 4 aromatic rings. The average molecular weight is 337 g/mol. The Bertz CT molecular complexity index is 1210. The molecule has 0 aromatic heterocycles. The molecule has 0 saturated heterocycles. The lowest BCUT2D eigenvalue weighted by atomic mass is 9.88. The molecule has 1 aliphatic rings. The number of imide groups is 1. The monoisotopic (exact) mass is 337 g/mol. The van der Waals surface area contributed by atoms with Crippen molar-refractivity contribution in [1.82, 2.24) is 4.90 Å². The van der Waals surface area contributed by atoms with E-state index in [2.05, 4.69) is 24.3 Å². The van der Waals surface area contributed by atoms with Crippen molar-refractivity contribution in [3.63, 3.8) is 0 Å². The Morgan fingerprint density at radius 2 is 1.12 bits per heavy atom. The number of nitrogens with zero attached hydrogens (tertiary/aromatic N) is 1. The standard InChI is InChI=1S/C23H15NO2/c1-24-22(25)19-11-5-10-18-17(12-13-20(21(18)19)23(24)26)16-9-4-7-14-6-2-3-8-15(14)16/h2-13H,1H3. The van der Waals surface area contributed by atoms with Gasteiger partial charge in [-0.1, -0.05) is 60.7 Å². The van der Waals surface area contributed by atoms with Crippen molar-refractivity contribution in [2.45, 2.75) is 0 Å². The van der Waals surface area contributed by atoms with Crippen molar-refractivity contribution in [3.05, 3.63) is 83.9 Å². The summed E-state index contributed by atoms with van der Waals surface area (Å²) >= 11 is 0. The number of fused-ring (bicyclic) bond motifs is 1. The maximum absolute atomic E-state index is 12.6. The molecule has 0 fully saturated rings. The van der Waals surface area contributed by atoms with Gasteiger partial charge in [0, 0.05) is 23.6 Å². The molecule has 3 heteroatoms. The normalized spacial score (nSPS) is 13.7. The number of rotatable bonds is 1. The summed E-state index contributed by atoms with van der Waals surface area (Å²) in [5.74, 6) is -0.494. The van der Waals surface area contributed by atoms with Gasteiger partial charge in [-0.3, -0.25) is 14.5 Å². The van der Waals surface area contributed by atoms with Gasteiger partial charge >= 0.3 is 0 Å². The SMILES string of the molecule is CN1C(=O)c2cccc3c(-c4cccc5ccccc45)ccc(c23)C1=O. The van der Waals surface area contributed by atoms with Crippen LogP contribution in [0, 0.1) is 0 Å². The molecular weight excluding hydrogens is 322 g/mol. The molecule has 1 heterocycles. The Hall–Kier alpha value is -3.46. The van der Waals surface area contributed by atoms with Gasteiger partial charge < -0.3 is 0 Å². The van der Waals surface area contributed by atoms with Crippen molar-refractivity contribution < 1.29 is 9.59 Å². The highest BCUT2D eigenvalue weighted by atomic mass is 16.2. The molecule has 124 valence electrons. The van der Waals surface area contributed by atoms with E-state index in [4.69, 9.17) is 0 Å². The molecule has 1 aliphatic heterocycles. The number of carbonyl (C=O) groups excluding carboxylic acids is 2. The van der Waals surface area contributed by atoms with Gasteiger partial charge in [0.25, 0.3) is 11.8 Å². The topological polar surface area (TPSA) is 37.4 Å². The van der Waals surface area contributed by atoms with Crippen molar-refractivity contribution >= 4 is 33.4 Å². The van der Waals surface area contributed by atoms with E-state index in [0.29, 0.717) is 11.1 Å². The molecule has 3 nitrogen and oxygen atoms in total. The van der Waals surface area contributed by atoms with Gasteiger partial charge in [-0.2, -0.15) is 0 Å². The van der Waals surface area contributed by atoms with Crippen LogP contribution in [0.3, 0.4) is 0 Å². The minimum absolute atomic E-state index is 0.247. The molecule has 0 bridgehead atoms. The fourth-order valence-electron chi connectivity index (χ4n) is 3.91. The molecule has 5 rings (SSSR count). The molecule has 2 amide bonds. The molecule has 4 aromatic carbocycles. The van der Waals surface area contributed by atoms with Crippen LogP contribution in [0.25, 0.3) is 32.7 Å². The van der Waals surface area contributed by atoms with E-state index in [1.807, 2.05) is 42.5 Å². The minimum atomic E-state index is -0.247. The summed E-state index contributed by atoms with van der Waals surface area (Å²) in [4.78, 5) is 26.3. The van der Waals surface area contributed by atoms with E-state index >= 15 is 0 Å². The average Bonchev–Trinajstić information content (AvgIpc) is 2.69. The highest BCUT2D eigenvalue weighted by Gasteiger charge is 2.30. The Kier molecular flexibility index (Phi) is 3.01. The van der Waals surface area contributed by atoms with Gasteiger partial charge in [-0.25, -0.2) is 0 Å². The van der Waals surface area contributed by atoms with Gasteiger partial charge in [0.1, 0.15) is 0 Å². The smallest absolute Gasteiger partial charge is 0.261 e. The summed E-state index contributed by atoms with van der Waals surface area (Å²) in [7, 11) is 1.53. The number of hydrogen-bond acceptors (Lipinski definition) is 2. The minimum Gasteiger partial charge on any atom is -0.277 e. The van der Waals surface area contributed by atoms with E-state index in [1.165, 1.54) is 11.9 Å². The highest BCUT2D eigenvalue weighted by molar-refractivity contribution is 6.27. The van der Waals surface area contributed by atoms with E-state index in [1.54, 1.807) is 6.07 Å². The van der Waals surface area contributed by atoms with Crippen LogP contribution in [-0.2, 0) is 0 Å². The lowest BCUT2D eigenvalue weighted by molar-refractivity contribution is 0.0651. The van der Waals surface area contributed by atoms with Crippen LogP contribution in [0.15, 0.2) is 72.8 Å². The summed E-state index contributed by atoms with van der Waals surface area (Å²) < 4.78 is 0. The predicted molar refractivity (Wildman–Crippen MR) is 103 cm³/mol. The summed E-state index contributed by atoms with van der Waals surface area (Å²) in [6.07, 6.45) is 0. The van der Waals surface area contributed by atoms with Crippen LogP contribution in [-0.4, -0.2) is 23.8 Å². The van der Waals surface area contributed by atoms with Gasteiger partial charge in [0.2, 0.25) is 0 Å². The Morgan fingerprint density at radius 3 is 1.96 bits per heavy atom. The van der Waals surface area contributed by atoms with Gasteiger partial charge in [0.15, 0.2) is 0 Å². The van der Waals surface area contributed by atoms with Crippen molar-refractivity contribution in [2.24, 2.45) is 0 Å². The number of amides is 2. The summed E-state index contributed by atoms with van der Waals surface area (Å²) in [5, 5.41) is 4.01. The first-order chi connectivity index (χ1) is 12.7. The first-order valence-corrected chi connectivity index (χ1v) is 8.53. The first-order valence-electron chi connectivity index (χ1n) is 8.53. The maximum Gasteiger partial charge on any atom is 0.261 e. The molecule has 0 saturated carbocycles. The van der Waals surface area contributed by atoms with E-state index < -0.39 is 0 Å². The number of benzene rings is 4. The van der Waals surface area contributed by atoms with Crippen molar-refractivity contribution in [1.29, 1.82) is 0 Å². The zero-order chi connectivity index (χ0) is 17.8. The Labute approximate surface area is 150 Å². The maximum atomic E-state index is 12.6. The highest BCUT2D eigenvalue weighted by Crippen LogP contribution is 2.38. The quantitative estimate of drug-likeness (QED) is 0.464. The van der Waals surface area contributed by atoms with Gasteiger partial charge in [0.05, 0.1) is 0 Å². The molecular formula is C23H15NO2. The summed E-state index contributed by atoms with van der Waals surface area (Å²) in [6.45, 7) is 0. The number of hydrogen-bond donors (Lipinski definition) is 0. The third-order valence-corrected chi connectivity index (χ3v) is 5.19. The molecule has 26 heavy (non-hydrogen) atoms. The van der Waals surface area contributed by atoms with Crippen LogP contribution in [0.5, 0.6) is 0 Å². The third kappa shape index (κ3) is 1.88. The zero-order valence-corrected chi connectivity index (χ0v) is 14.2.